The molecule has 0 spiro atoms. The Labute approximate surface area is 165 Å². The zero-order valence-electron chi connectivity index (χ0n) is 15.0. The van der Waals surface area contributed by atoms with E-state index < -0.39 is 0 Å². The second-order valence-electron chi connectivity index (χ2n) is 6.26. The van der Waals surface area contributed by atoms with Crippen LogP contribution in [-0.2, 0) is 6.54 Å². The van der Waals surface area contributed by atoms with Gasteiger partial charge in [0.05, 0.1) is 23.8 Å². The van der Waals surface area contributed by atoms with E-state index in [1.54, 1.807) is 11.1 Å². The number of thiazole rings is 2. The van der Waals surface area contributed by atoms with Crippen LogP contribution < -0.4 is 9.47 Å². The number of aromatic nitrogens is 2. The van der Waals surface area contributed by atoms with Crippen LogP contribution in [0.5, 0.6) is 11.5 Å². The van der Waals surface area contributed by atoms with Crippen molar-refractivity contribution in [3.63, 3.8) is 0 Å². The largest absolute Gasteiger partial charge is 0.486 e. The fourth-order valence-electron chi connectivity index (χ4n) is 2.99. The molecule has 1 amide bonds. The lowest BCUT2D eigenvalue weighted by atomic mass is 10.2. The minimum Gasteiger partial charge on any atom is -0.486 e. The molecule has 0 N–H and O–H groups in total. The van der Waals surface area contributed by atoms with E-state index in [1.165, 1.54) is 22.7 Å². The third kappa shape index (κ3) is 3.96. The van der Waals surface area contributed by atoms with Crippen LogP contribution in [0, 0.1) is 13.8 Å². The number of carbonyl (C=O) groups excluding carboxylic acids is 1. The van der Waals surface area contributed by atoms with E-state index in [0.29, 0.717) is 30.3 Å². The molecular weight excluding hydrogens is 382 g/mol. The summed E-state index contributed by atoms with van der Waals surface area (Å²) in [7, 11) is 0. The molecule has 2 aromatic heterocycles. The van der Waals surface area contributed by atoms with E-state index in [-0.39, 0.29) is 12.0 Å². The van der Waals surface area contributed by atoms with Crippen molar-refractivity contribution in [2.24, 2.45) is 0 Å². The lowest BCUT2D eigenvalue weighted by Gasteiger charge is -2.31. The molecule has 0 saturated heterocycles. The van der Waals surface area contributed by atoms with Crippen LogP contribution >= 0.6 is 22.7 Å². The van der Waals surface area contributed by atoms with Crippen LogP contribution in [0.1, 0.15) is 25.4 Å². The van der Waals surface area contributed by atoms with Crippen molar-refractivity contribution in [3.05, 3.63) is 56.4 Å². The topological polar surface area (TPSA) is 64.6 Å². The fourth-order valence-corrected chi connectivity index (χ4v) is 4.50. The number of benzene rings is 1. The minimum atomic E-state index is -0.238. The predicted octanol–water partition coefficient (Wildman–Crippen LogP) is 3.70. The molecule has 1 aliphatic rings. The maximum Gasteiger partial charge on any atom is 0.266 e. The summed E-state index contributed by atoms with van der Waals surface area (Å²) in [5.74, 6) is 1.40. The zero-order valence-corrected chi connectivity index (χ0v) is 16.7. The van der Waals surface area contributed by atoms with E-state index in [0.717, 1.165) is 21.5 Å². The van der Waals surface area contributed by atoms with Gasteiger partial charge in [0.2, 0.25) is 0 Å². The smallest absolute Gasteiger partial charge is 0.266 e. The van der Waals surface area contributed by atoms with E-state index in [4.69, 9.17) is 9.47 Å². The molecule has 1 aliphatic heterocycles. The van der Waals surface area contributed by atoms with Gasteiger partial charge < -0.3 is 14.4 Å². The number of hydrogen-bond donors (Lipinski definition) is 0. The number of para-hydroxylation sites is 2. The van der Waals surface area contributed by atoms with E-state index >= 15 is 0 Å². The average Bonchev–Trinajstić information content (AvgIpc) is 3.29. The van der Waals surface area contributed by atoms with Gasteiger partial charge in [0.15, 0.2) is 17.6 Å². The van der Waals surface area contributed by atoms with Gasteiger partial charge in [-0.1, -0.05) is 12.1 Å². The molecule has 0 fully saturated rings. The molecule has 3 aromatic rings. The first-order valence-corrected chi connectivity index (χ1v) is 10.3. The van der Waals surface area contributed by atoms with Crippen LogP contribution in [0.25, 0.3) is 0 Å². The highest BCUT2D eigenvalue weighted by molar-refractivity contribution is 7.13. The molecule has 140 valence electrons. The standard InChI is InChI=1S/C19H19N3O3S2/c1-12-18(27-13(2)21-12)19(23)22(10-17-20-7-8-26-17)9-14-11-24-15-5-3-4-6-16(15)25-14/h3-8,14H,9-11H2,1-2H3/t14-/m1/s1. The van der Waals surface area contributed by atoms with Crippen LogP contribution in [0.15, 0.2) is 35.8 Å². The fraction of sp³-hybridized carbons (Fsp3) is 0.316. The summed E-state index contributed by atoms with van der Waals surface area (Å²) in [6.45, 7) is 5.04. The first-order valence-electron chi connectivity index (χ1n) is 8.60. The summed E-state index contributed by atoms with van der Waals surface area (Å²) in [5, 5.41) is 3.69. The molecular formula is C19H19N3O3S2. The summed E-state index contributed by atoms with van der Waals surface area (Å²) < 4.78 is 11.9. The number of amides is 1. The van der Waals surface area contributed by atoms with Gasteiger partial charge in [-0.15, -0.1) is 22.7 Å². The Balaban J connectivity index is 1.55. The SMILES string of the molecule is Cc1nc(C)c(C(=O)N(Cc2nccs2)C[C@@H]2COc3ccccc3O2)s1. The third-order valence-corrected chi connectivity index (χ3v) is 6.01. The zero-order chi connectivity index (χ0) is 18.8. The molecule has 6 nitrogen and oxygen atoms in total. The quantitative estimate of drug-likeness (QED) is 0.652. The highest BCUT2D eigenvalue weighted by Gasteiger charge is 2.28. The molecule has 8 heteroatoms. The Morgan fingerprint density at radius 3 is 2.81 bits per heavy atom. The van der Waals surface area contributed by atoms with E-state index in [1.807, 2.05) is 43.5 Å². The van der Waals surface area contributed by atoms with Crippen molar-refractivity contribution in [2.75, 3.05) is 13.2 Å². The maximum absolute atomic E-state index is 13.2. The van der Waals surface area contributed by atoms with Gasteiger partial charge in [-0.2, -0.15) is 0 Å². The molecule has 0 saturated carbocycles. The van der Waals surface area contributed by atoms with Crippen molar-refractivity contribution in [1.82, 2.24) is 14.9 Å². The van der Waals surface area contributed by atoms with Crippen molar-refractivity contribution in [3.8, 4) is 11.5 Å². The molecule has 0 radical (unpaired) electrons. The molecule has 0 bridgehead atoms. The van der Waals surface area contributed by atoms with Gasteiger partial charge in [-0.05, 0) is 26.0 Å². The highest BCUT2D eigenvalue weighted by Crippen LogP contribution is 2.31. The lowest BCUT2D eigenvalue weighted by molar-refractivity contribution is 0.0446. The molecule has 4 rings (SSSR count). The van der Waals surface area contributed by atoms with Crippen molar-refractivity contribution in [2.45, 2.75) is 26.5 Å². The molecule has 1 atom stereocenters. The van der Waals surface area contributed by atoms with Crippen LogP contribution in [0.4, 0.5) is 0 Å². The molecule has 3 heterocycles. The summed E-state index contributed by atoms with van der Waals surface area (Å²) in [5.41, 5.74) is 0.762. The van der Waals surface area contributed by atoms with Crippen LogP contribution in [0.3, 0.4) is 0 Å². The van der Waals surface area contributed by atoms with Gasteiger partial charge in [-0.25, -0.2) is 9.97 Å². The van der Waals surface area contributed by atoms with Crippen molar-refractivity contribution in [1.29, 1.82) is 0 Å². The van der Waals surface area contributed by atoms with E-state index in [9.17, 15) is 4.79 Å². The van der Waals surface area contributed by atoms with Gasteiger partial charge in [0.25, 0.3) is 5.91 Å². The Morgan fingerprint density at radius 2 is 2.11 bits per heavy atom. The van der Waals surface area contributed by atoms with Crippen molar-refractivity contribution < 1.29 is 14.3 Å². The first kappa shape index (κ1) is 17.9. The Morgan fingerprint density at radius 1 is 1.30 bits per heavy atom. The number of fused-ring (bicyclic) bond motifs is 1. The number of carbonyl (C=O) groups is 1. The summed E-state index contributed by atoms with van der Waals surface area (Å²) in [6.07, 6.45) is 1.51. The normalized spacial score (nSPS) is 15.6. The van der Waals surface area contributed by atoms with Gasteiger partial charge in [-0.3, -0.25) is 4.79 Å². The lowest BCUT2D eigenvalue weighted by Crippen LogP contribution is -2.43. The average molecular weight is 402 g/mol. The second kappa shape index (κ2) is 7.66. The van der Waals surface area contributed by atoms with Gasteiger partial charge in [0.1, 0.15) is 16.5 Å². The molecule has 1 aromatic carbocycles. The third-order valence-electron chi connectivity index (χ3n) is 4.19. The number of ether oxygens (including phenoxy) is 2. The molecule has 0 unspecified atom stereocenters. The van der Waals surface area contributed by atoms with Crippen LogP contribution in [-0.4, -0.2) is 40.0 Å². The monoisotopic (exact) mass is 401 g/mol. The Hall–Kier alpha value is -2.45. The summed E-state index contributed by atoms with van der Waals surface area (Å²) in [4.78, 5) is 24.4. The van der Waals surface area contributed by atoms with Gasteiger partial charge >= 0.3 is 0 Å². The Kier molecular flexibility index (Phi) is 5.09. The minimum absolute atomic E-state index is 0.0456. The first-order chi connectivity index (χ1) is 13.1. The molecule has 0 aliphatic carbocycles. The number of aryl methyl sites for hydroxylation is 2. The number of rotatable bonds is 5. The summed E-state index contributed by atoms with van der Waals surface area (Å²) >= 11 is 2.96. The van der Waals surface area contributed by atoms with Gasteiger partial charge in [0, 0.05) is 11.6 Å². The Bertz CT molecular complexity index is 940. The number of nitrogens with zero attached hydrogens (tertiary/aromatic N) is 3. The highest BCUT2D eigenvalue weighted by atomic mass is 32.1. The number of hydrogen-bond acceptors (Lipinski definition) is 7. The summed E-state index contributed by atoms with van der Waals surface area (Å²) in [6, 6.07) is 7.58. The molecule has 27 heavy (non-hydrogen) atoms. The second-order valence-corrected chi connectivity index (χ2v) is 8.44. The predicted molar refractivity (Wildman–Crippen MR) is 105 cm³/mol. The van der Waals surface area contributed by atoms with Crippen molar-refractivity contribution >= 4 is 28.6 Å². The van der Waals surface area contributed by atoms with E-state index in [2.05, 4.69) is 9.97 Å². The maximum atomic E-state index is 13.2. The van der Waals surface area contributed by atoms with Crippen LogP contribution in [0.2, 0.25) is 0 Å².